The molecule has 1 fully saturated rings. The second-order valence-electron chi connectivity index (χ2n) is 7.87. The first-order valence-corrected chi connectivity index (χ1v) is 9.69. The highest BCUT2D eigenvalue weighted by atomic mass is 16.6. The van der Waals surface area contributed by atoms with Gasteiger partial charge in [0.15, 0.2) is 0 Å². The number of benzene rings is 2. The third kappa shape index (κ3) is 2.76. The van der Waals surface area contributed by atoms with Gasteiger partial charge in [0.1, 0.15) is 17.1 Å². The number of carbonyl (C=O) groups excluding carboxylic acids is 1. The van der Waals surface area contributed by atoms with E-state index in [9.17, 15) is 4.79 Å². The first-order chi connectivity index (χ1) is 13.9. The smallest absolute Gasteiger partial charge is 0.312 e. The van der Waals surface area contributed by atoms with E-state index in [4.69, 9.17) is 18.9 Å². The first kappa shape index (κ1) is 19.5. The minimum Gasteiger partial charge on any atom is -0.496 e. The summed E-state index contributed by atoms with van der Waals surface area (Å²) >= 11 is 0. The van der Waals surface area contributed by atoms with Crippen LogP contribution in [0.4, 0.5) is 0 Å². The van der Waals surface area contributed by atoms with Gasteiger partial charge in [-0.15, -0.1) is 0 Å². The minimum absolute atomic E-state index is 0.261. The third-order valence-electron chi connectivity index (χ3n) is 6.21. The molecule has 2 aromatic carbocycles. The molecule has 2 heterocycles. The minimum atomic E-state index is -0.841. The molecule has 1 unspecified atom stereocenters. The zero-order valence-corrected chi connectivity index (χ0v) is 17.4. The quantitative estimate of drug-likeness (QED) is 0.706. The van der Waals surface area contributed by atoms with Gasteiger partial charge >= 0.3 is 5.97 Å². The van der Waals surface area contributed by atoms with Crippen molar-refractivity contribution in [3.05, 3.63) is 59.7 Å². The van der Waals surface area contributed by atoms with Crippen LogP contribution in [0.2, 0.25) is 0 Å². The summed E-state index contributed by atoms with van der Waals surface area (Å²) in [5, 5.41) is 0. The van der Waals surface area contributed by atoms with Crippen molar-refractivity contribution >= 4 is 17.1 Å². The number of carbonyl (C=O) groups is 1. The van der Waals surface area contributed by atoms with Crippen LogP contribution in [0.3, 0.4) is 0 Å². The molecule has 0 saturated carbocycles. The van der Waals surface area contributed by atoms with Gasteiger partial charge in [-0.05, 0) is 32.4 Å². The van der Waals surface area contributed by atoms with Gasteiger partial charge in [0.2, 0.25) is 0 Å². The predicted molar refractivity (Wildman–Crippen MR) is 111 cm³/mol. The van der Waals surface area contributed by atoms with E-state index in [-0.39, 0.29) is 5.97 Å². The Morgan fingerprint density at radius 3 is 1.93 bits per heavy atom. The van der Waals surface area contributed by atoms with Crippen molar-refractivity contribution in [1.82, 2.24) is 0 Å². The number of methoxy groups -OCH3 is 3. The zero-order valence-electron chi connectivity index (χ0n) is 17.4. The average molecular weight is 394 g/mol. The molecule has 0 radical (unpaired) electrons. The van der Waals surface area contributed by atoms with Crippen LogP contribution in [0.15, 0.2) is 48.5 Å². The van der Waals surface area contributed by atoms with E-state index >= 15 is 0 Å². The molecular formula is C24H26O5. The van der Waals surface area contributed by atoms with Crippen LogP contribution in [0, 0.1) is 5.92 Å². The maximum Gasteiger partial charge on any atom is 0.312 e. The molecule has 2 bridgehead atoms. The van der Waals surface area contributed by atoms with Gasteiger partial charge in [0, 0.05) is 22.3 Å². The molecule has 0 spiro atoms. The van der Waals surface area contributed by atoms with Crippen molar-refractivity contribution in [1.29, 1.82) is 0 Å². The summed E-state index contributed by atoms with van der Waals surface area (Å²) in [5.74, 6) is 0.837. The summed E-state index contributed by atoms with van der Waals surface area (Å²) in [4.78, 5) is 12.7. The van der Waals surface area contributed by atoms with Gasteiger partial charge in [-0.1, -0.05) is 36.4 Å². The fourth-order valence-electron chi connectivity index (χ4n) is 5.03. The third-order valence-corrected chi connectivity index (χ3v) is 6.21. The van der Waals surface area contributed by atoms with Gasteiger partial charge in [-0.25, -0.2) is 0 Å². The molecule has 1 saturated heterocycles. The molecule has 0 aromatic heterocycles. The molecule has 5 heteroatoms. The number of hydrogen-bond acceptors (Lipinski definition) is 5. The number of para-hydroxylation sites is 2. The Labute approximate surface area is 171 Å². The lowest BCUT2D eigenvalue weighted by Gasteiger charge is -2.33. The Balaban J connectivity index is 2.06. The van der Waals surface area contributed by atoms with Crippen molar-refractivity contribution in [2.24, 2.45) is 5.92 Å². The molecule has 2 aliphatic heterocycles. The highest BCUT2D eigenvalue weighted by Gasteiger charge is 2.65. The Kier molecular flexibility index (Phi) is 4.66. The first-order valence-electron chi connectivity index (χ1n) is 9.69. The molecule has 5 nitrogen and oxygen atoms in total. The van der Waals surface area contributed by atoms with Crippen LogP contribution in [-0.2, 0) is 14.3 Å². The lowest BCUT2D eigenvalue weighted by Crippen LogP contribution is -2.38. The molecule has 3 atom stereocenters. The second kappa shape index (κ2) is 6.92. The lowest BCUT2D eigenvalue weighted by atomic mass is 9.67. The van der Waals surface area contributed by atoms with Crippen LogP contribution < -0.4 is 9.47 Å². The lowest BCUT2D eigenvalue weighted by molar-refractivity contribution is -0.148. The highest BCUT2D eigenvalue weighted by Crippen LogP contribution is 2.64. The Morgan fingerprint density at radius 1 is 0.897 bits per heavy atom. The van der Waals surface area contributed by atoms with Crippen LogP contribution >= 0.6 is 0 Å². The van der Waals surface area contributed by atoms with Gasteiger partial charge in [-0.2, -0.15) is 0 Å². The monoisotopic (exact) mass is 394 g/mol. The van der Waals surface area contributed by atoms with E-state index in [0.29, 0.717) is 6.42 Å². The number of fused-ring (bicyclic) bond motifs is 2. The second-order valence-corrected chi connectivity index (χ2v) is 7.87. The van der Waals surface area contributed by atoms with E-state index in [1.165, 1.54) is 7.11 Å². The molecule has 2 aliphatic rings. The van der Waals surface area contributed by atoms with E-state index in [0.717, 1.165) is 33.8 Å². The Hall–Kier alpha value is -2.79. The fraction of sp³-hybridized carbons (Fsp3) is 0.375. The van der Waals surface area contributed by atoms with Crippen molar-refractivity contribution in [2.45, 2.75) is 31.5 Å². The Morgan fingerprint density at radius 2 is 1.41 bits per heavy atom. The summed E-state index contributed by atoms with van der Waals surface area (Å²) in [5.41, 5.74) is 2.36. The van der Waals surface area contributed by atoms with Crippen molar-refractivity contribution in [3.8, 4) is 11.5 Å². The zero-order chi connectivity index (χ0) is 20.8. The maximum absolute atomic E-state index is 12.7. The molecule has 4 rings (SSSR count). The van der Waals surface area contributed by atoms with Crippen LogP contribution in [0.1, 0.15) is 31.4 Å². The predicted octanol–water partition coefficient (Wildman–Crippen LogP) is 4.36. The number of rotatable bonds is 5. The van der Waals surface area contributed by atoms with Crippen LogP contribution in [-0.4, -0.2) is 38.5 Å². The summed E-state index contributed by atoms with van der Waals surface area (Å²) in [6.45, 7) is 4.02. The molecule has 0 aliphatic carbocycles. The van der Waals surface area contributed by atoms with Gasteiger partial charge < -0.3 is 18.9 Å². The summed E-state index contributed by atoms with van der Waals surface area (Å²) < 4.78 is 23.1. The van der Waals surface area contributed by atoms with E-state index in [2.05, 4.69) is 0 Å². The van der Waals surface area contributed by atoms with Crippen molar-refractivity contribution in [2.75, 3.05) is 21.3 Å². The Bertz CT molecular complexity index is 994. The summed E-state index contributed by atoms with van der Waals surface area (Å²) in [6, 6.07) is 15.7. The molecule has 0 amide bonds. The maximum atomic E-state index is 12.7. The van der Waals surface area contributed by atoms with Gasteiger partial charge in [-0.3, -0.25) is 4.79 Å². The van der Waals surface area contributed by atoms with Gasteiger partial charge in [0.05, 0.1) is 32.8 Å². The largest absolute Gasteiger partial charge is 0.496 e. The van der Waals surface area contributed by atoms with Crippen LogP contribution in [0.5, 0.6) is 11.5 Å². The number of esters is 1. The van der Waals surface area contributed by atoms with Crippen molar-refractivity contribution in [3.63, 3.8) is 0 Å². The normalized spacial score (nSPS) is 27.8. The molecule has 152 valence electrons. The molecular weight excluding hydrogens is 368 g/mol. The van der Waals surface area contributed by atoms with Crippen molar-refractivity contribution < 1.29 is 23.7 Å². The molecule has 29 heavy (non-hydrogen) atoms. The van der Waals surface area contributed by atoms with E-state index in [1.54, 1.807) is 14.2 Å². The van der Waals surface area contributed by atoms with E-state index in [1.807, 2.05) is 62.4 Å². The average Bonchev–Trinajstić information content (AvgIpc) is 3.15. The topological polar surface area (TPSA) is 54.0 Å². The number of hydrogen-bond donors (Lipinski definition) is 0. The van der Waals surface area contributed by atoms with E-state index < -0.39 is 17.1 Å². The summed E-state index contributed by atoms with van der Waals surface area (Å²) in [6.07, 6.45) is 0.544. The molecule has 2 aromatic rings. The molecule has 0 N–H and O–H groups in total. The number of ether oxygens (including phenoxy) is 4. The summed E-state index contributed by atoms with van der Waals surface area (Å²) in [7, 11) is 4.74. The fourth-order valence-corrected chi connectivity index (χ4v) is 5.03. The SMILES string of the molecule is COC(=O)C1C[C@@]2(C)O[C@]1(C)C(c1ccccc1OC)=C2c1ccccc1OC. The van der Waals surface area contributed by atoms with Crippen LogP contribution in [0.25, 0.3) is 11.1 Å². The highest BCUT2D eigenvalue weighted by molar-refractivity contribution is 6.05. The van der Waals surface area contributed by atoms with Gasteiger partial charge in [0.25, 0.3) is 0 Å². The standard InChI is InChI=1S/C24H26O5/c1-23-14-17(22(25)28-5)24(2,29-23)21(16-11-7-9-13-19(16)27-4)20(23)15-10-6-8-12-18(15)26-3/h6-13,17H,14H2,1-5H3/t17?,23-,24+/m1/s1.